The van der Waals surface area contributed by atoms with Crippen LogP contribution in [-0.4, -0.2) is 16.8 Å². The summed E-state index contributed by atoms with van der Waals surface area (Å²) >= 11 is 0. The lowest BCUT2D eigenvalue weighted by atomic mass is 10.1. The van der Waals surface area contributed by atoms with Gasteiger partial charge in [-0.3, -0.25) is 0 Å². The van der Waals surface area contributed by atoms with Crippen molar-refractivity contribution in [3.05, 3.63) is 30.2 Å². The van der Waals surface area contributed by atoms with E-state index in [4.69, 9.17) is 15.2 Å². The summed E-state index contributed by atoms with van der Waals surface area (Å²) in [6.45, 7) is 0.715. The number of hydrogen-bond acceptors (Lipinski definition) is 4. The molecule has 3 rings (SSSR count). The molecular formula is C11H11N3O2. The molecule has 82 valence electrons. The van der Waals surface area contributed by atoms with Crippen molar-refractivity contribution in [3.8, 4) is 22.8 Å². The minimum atomic E-state index is 0.281. The second-order valence-corrected chi connectivity index (χ2v) is 3.50. The Morgan fingerprint density at radius 3 is 3.06 bits per heavy atom. The second-order valence-electron chi connectivity index (χ2n) is 3.50. The number of nitrogens with zero attached hydrogens (tertiary/aromatic N) is 1. The zero-order valence-corrected chi connectivity index (χ0v) is 8.56. The molecule has 0 aliphatic carbocycles. The predicted molar refractivity (Wildman–Crippen MR) is 58.0 cm³/mol. The van der Waals surface area contributed by atoms with Crippen LogP contribution in [0.1, 0.15) is 5.69 Å². The van der Waals surface area contributed by atoms with Gasteiger partial charge in [0.2, 0.25) is 6.79 Å². The normalized spacial score (nSPS) is 13.1. The van der Waals surface area contributed by atoms with Crippen molar-refractivity contribution in [2.75, 3.05) is 6.79 Å². The van der Waals surface area contributed by atoms with Crippen LogP contribution in [0.2, 0.25) is 0 Å². The molecule has 0 saturated heterocycles. The van der Waals surface area contributed by atoms with Gasteiger partial charge in [0.15, 0.2) is 11.5 Å². The van der Waals surface area contributed by atoms with Gasteiger partial charge in [-0.2, -0.15) is 0 Å². The number of nitrogens with one attached hydrogen (secondary N) is 1. The molecule has 1 aromatic carbocycles. The van der Waals surface area contributed by atoms with Crippen LogP contribution in [0.25, 0.3) is 11.3 Å². The number of nitrogens with two attached hydrogens (primary N) is 1. The first-order valence-electron chi connectivity index (χ1n) is 5.01. The summed E-state index contributed by atoms with van der Waals surface area (Å²) in [5.41, 5.74) is 8.37. The molecule has 0 spiro atoms. The molecule has 0 radical (unpaired) electrons. The number of imidazole rings is 1. The molecule has 0 fully saturated rings. The predicted octanol–water partition coefficient (Wildman–Crippen LogP) is 1.26. The zero-order valence-electron chi connectivity index (χ0n) is 8.56. The van der Waals surface area contributed by atoms with E-state index in [9.17, 15) is 0 Å². The van der Waals surface area contributed by atoms with Crippen molar-refractivity contribution in [3.63, 3.8) is 0 Å². The molecule has 1 aromatic heterocycles. The standard InChI is InChI=1S/C11H11N3O2/c12-4-8-11(14-5-13-8)7-1-2-9-10(3-7)16-6-15-9/h1-3,5H,4,6,12H2,(H,13,14). The number of ether oxygens (including phenoxy) is 2. The third kappa shape index (κ3) is 1.33. The van der Waals surface area contributed by atoms with E-state index >= 15 is 0 Å². The number of aromatic nitrogens is 2. The third-order valence-electron chi connectivity index (χ3n) is 2.57. The fourth-order valence-corrected chi connectivity index (χ4v) is 1.77. The number of rotatable bonds is 2. The molecule has 16 heavy (non-hydrogen) atoms. The van der Waals surface area contributed by atoms with Crippen LogP contribution in [0.3, 0.4) is 0 Å². The van der Waals surface area contributed by atoms with Crippen molar-refractivity contribution in [1.82, 2.24) is 9.97 Å². The number of benzene rings is 1. The number of H-pyrrole nitrogens is 1. The summed E-state index contributed by atoms with van der Waals surface area (Å²) in [6, 6.07) is 5.74. The molecule has 0 saturated carbocycles. The van der Waals surface area contributed by atoms with Gasteiger partial charge in [0.25, 0.3) is 0 Å². The second kappa shape index (κ2) is 3.53. The first kappa shape index (κ1) is 9.23. The summed E-state index contributed by atoms with van der Waals surface area (Å²) in [6.07, 6.45) is 1.64. The number of aromatic amines is 1. The van der Waals surface area contributed by atoms with Gasteiger partial charge in [-0.15, -0.1) is 0 Å². The first-order valence-corrected chi connectivity index (χ1v) is 5.01. The maximum Gasteiger partial charge on any atom is 0.231 e. The molecule has 2 aromatic rings. The summed E-state index contributed by atoms with van der Waals surface area (Å²) in [5, 5.41) is 0. The maximum atomic E-state index is 5.62. The van der Waals surface area contributed by atoms with Crippen molar-refractivity contribution >= 4 is 0 Å². The minimum absolute atomic E-state index is 0.281. The van der Waals surface area contributed by atoms with Crippen molar-refractivity contribution in [2.24, 2.45) is 5.73 Å². The number of fused-ring (bicyclic) bond motifs is 1. The molecule has 0 atom stereocenters. The lowest BCUT2D eigenvalue weighted by Crippen LogP contribution is -1.98. The molecule has 5 nitrogen and oxygen atoms in total. The summed E-state index contributed by atoms with van der Waals surface area (Å²) in [7, 11) is 0. The van der Waals surface area contributed by atoms with E-state index < -0.39 is 0 Å². The van der Waals surface area contributed by atoms with E-state index in [0.29, 0.717) is 6.54 Å². The molecule has 0 amide bonds. The monoisotopic (exact) mass is 217 g/mol. The van der Waals surface area contributed by atoms with Gasteiger partial charge >= 0.3 is 0 Å². The Hall–Kier alpha value is -2.01. The molecule has 2 heterocycles. The SMILES string of the molecule is NCc1[nH]cnc1-c1ccc2c(c1)OCO2. The Balaban J connectivity index is 2.07. The van der Waals surface area contributed by atoms with Crippen LogP contribution < -0.4 is 15.2 Å². The Morgan fingerprint density at radius 2 is 2.19 bits per heavy atom. The highest BCUT2D eigenvalue weighted by Gasteiger charge is 2.15. The van der Waals surface area contributed by atoms with Crippen LogP contribution in [0.15, 0.2) is 24.5 Å². The van der Waals surface area contributed by atoms with E-state index in [1.54, 1.807) is 6.33 Å². The highest BCUT2D eigenvalue weighted by atomic mass is 16.7. The van der Waals surface area contributed by atoms with Gasteiger partial charge < -0.3 is 20.2 Å². The first-order chi connectivity index (χ1) is 7.88. The van der Waals surface area contributed by atoms with Crippen molar-refractivity contribution in [1.29, 1.82) is 0 Å². The molecule has 1 aliphatic heterocycles. The van der Waals surface area contributed by atoms with Gasteiger partial charge in [-0.25, -0.2) is 4.98 Å². The topological polar surface area (TPSA) is 73.2 Å². The fourth-order valence-electron chi connectivity index (χ4n) is 1.77. The number of hydrogen-bond donors (Lipinski definition) is 2. The lowest BCUT2D eigenvalue weighted by molar-refractivity contribution is 0.174. The van der Waals surface area contributed by atoms with Crippen LogP contribution in [0.4, 0.5) is 0 Å². The summed E-state index contributed by atoms with van der Waals surface area (Å²) in [4.78, 5) is 7.26. The largest absolute Gasteiger partial charge is 0.454 e. The highest BCUT2D eigenvalue weighted by molar-refractivity contribution is 5.66. The van der Waals surface area contributed by atoms with Crippen LogP contribution in [0, 0.1) is 0 Å². The van der Waals surface area contributed by atoms with Crippen LogP contribution >= 0.6 is 0 Å². The molecule has 1 aliphatic rings. The summed E-state index contributed by atoms with van der Waals surface area (Å²) < 4.78 is 10.6. The molecule has 0 unspecified atom stereocenters. The third-order valence-corrected chi connectivity index (χ3v) is 2.57. The quantitative estimate of drug-likeness (QED) is 0.794. The smallest absolute Gasteiger partial charge is 0.231 e. The van der Waals surface area contributed by atoms with E-state index in [0.717, 1.165) is 28.5 Å². The Kier molecular flexibility index (Phi) is 2.04. The Labute approximate surface area is 92.2 Å². The maximum absolute atomic E-state index is 5.62. The minimum Gasteiger partial charge on any atom is -0.454 e. The van der Waals surface area contributed by atoms with Crippen molar-refractivity contribution in [2.45, 2.75) is 6.54 Å². The van der Waals surface area contributed by atoms with E-state index in [-0.39, 0.29) is 6.79 Å². The van der Waals surface area contributed by atoms with E-state index in [1.165, 1.54) is 0 Å². The van der Waals surface area contributed by atoms with Crippen molar-refractivity contribution < 1.29 is 9.47 Å². The van der Waals surface area contributed by atoms with Crippen LogP contribution in [-0.2, 0) is 6.54 Å². The van der Waals surface area contributed by atoms with E-state index in [2.05, 4.69) is 9.97 Å². The summed E-state index contributed by atoms with van der Waals surface area (Å²) in [5.74, 6) is 1.53. The Morgan fingerprint density at radius 1 is 1.31 bits per heavy atom. The molecular weight excluding hydrogens is 206 g/mol. The average molecular weight is 217 g/mol. The Bertz CT molecular complexity index is 522. The molecule has 0 bridgehead atoms. The molecule has 5 heteroatoms. The molecule has 3 N–H and O–H groups in total. The zero-order chi connectivity index (χ0) is 11.0. The highest BCUT2D eigenvalue weighted by Crippen LogP contribution is 2.35. The fraction of sp³-hybridized carbons (Fsp3) is 0.182. The van der Waals surface area contributed by atoms with Gasteiger partial charge in [0.1, 0.15) is 0 Å². The van der Waals surface area contributed by atoms with Gasteiger partial charge in [-0.05, 0) is 18.2 Å². The van der Waals surface area contributed by atoms with Gasteiger partial charge in [-0.1, -0.05) is 0 Å². The average Bonchev–Trinajstić information content (AvgIpc) is 2.96. The van der Waals surface area contributed by atoms with Crippen LogP contribution in [0.5, 0.6) is 11.5 Å². The van der Waals surface area contributed by atoms with Gasteiger partial charge in [0.05, 0.1) is 17.7 Å². The van der Waals surface area contributed by atoms with E-state index in [1.807, 2.05) is 18.2 Å². The lowest BCUT2D eigenvalue weighted by Gasteiger charge is -2.02. The van der Waals surface area contributed by atoms with Gasteiger partial charge in [0, 0.05) is 12.1 Å².